The lowest BCUT2D eigenvalue weighted by molar-refractivity contribution is 0.00578. The lowest BCUT2D eigenvalue weighted by Gasteiger charge is -2.32. The Morgan fingerprint density at radius 3 is 2.04 bits per heavy atom. The van der Waals surface area contributed by atoms with Gasteiger partial charge < -0.3 is 14.1 Å². The summed E-state index contributed by atoms with van der Waals surface area (Å²) in [6.07, 6.45) is 15.6. The third kappa shape index (κ3) is 5.35. The van der Waals surface area contributed by atoms with E-state index in [1.54, 1.807) is 12.2 Å². The van der Waals surface area contributed by atoms with E-state index >= 15 is 0 Å². The summed E-state index contributed by atoms with van der Waals surface area (Å²) in [6, 6.07) is 0. The molecule has 0 aliphatic carbocycles. The zero-order chi connectivity index (χ0) is 19.1. The van der Waals surface area contributed by atoms with Crippen molar-refractivity contribution in [2.24, 2.45) is 0 Å². The molecule has 1 aliphatic rings. The SMILES string of the molecule is C=C/C=C\C(=C/C)CN(B1OC(C)(C)C(C)(C)O1)C(/C=C\C)=C/C=C. The second-order valence-corrected chi connectivity index (χ2v) is 6.98. The van der Waals surface area contributed by atoms with Gasteiger partial charge in [-0.05, 0) is 59.3 Å². The fraction of sp³-hybridized carbons (Fsp3) is 0.429. The van der Waals surface area contributed by atoms with Crippen LogP contribution in [0.3, 0.4) is 0 Å². The second-order valence-electron chi connectivity index (χ2n) is 6.98. The van der Waals surface area contributed by atoms with Gasteiger partial charge in [0.2, 0.25) is 0 Å². The van der Waals surface area contributed by atoms with Crippen LogP contribution in [0.4, 0.5) is 0 Å². The first-order chi connectivity index (χ1) is 11.7. The highest BCUT2D eigenvalue weighted by Gasteiger charge is 2.54. The van der Waals surface area contributed by atoms with Gasteiger partial charge in [-0.3, -0.25) is 0 Å². The molecule has 1 rings (SSSR count). The summed E-state index contributed by atoms with van der Waals surface area (Å²) in [7, 11) is -0.473. The zero-order valence-corrected chi connectivity index (χ0v) is 16.6. The number of hydrogen-bond donors (Lipinski definition) is 0. The highest BCUT2D eigenvalue weighted by molar-refractivity contribution is 6.43. The molecule has 1 aliphatic heterocycles. The van der Waals surface area contributed by atoms with Crippen LogP contribution in [0, 0.1) is 0 Å². The Morgan fingerprint density at radius 2 is 1.60 bits per heavy atom. The van der Waals surface area contributed by atoms with Crippen molar-refractivity contribution in [3.8, 4) is 0 Å². The van der Waals surface area contributed by atoms with E-state index in [0.29, 0.717) is 6.54 Å². The van der Waals surface area contributed by atoms with E-state index in [1.165, 1.54) is 0 Å². The Hall–Kier alpha value is -1.78. The maximum atomic E-state index is 6.27. The summed E-state index contributed by atoms with van der Waals surface area (Å²) >= 11 is 0. The molecule has 0 amide bonds. The van der Waals surface area contributed by atoms with Gasteiger partial charge in [-0.25, -0.2) is 0 Å². The standard InChI is InChI=1S/C21H32BNO2/c1-9-13-16-18(12-4)17-23(19(14-10-2)15-11-3)22-24-20(5,6)21(7,8)25-22/h9-16H,1-2,17H2,3-8H3/b15-11-,16-13-,18-12+,19-14+. The molecule has 0 aromatic rings. The smallest absolute Gasteiger partial charge is 0.384 e. The quantitative estimate of drug-likeness (QED) is 0.447. The van der Waals surface area contributed by atoms with Crippen LogP contribution in [0.2, 0.25) is 0 Å². The molecule has 0 saturated carbocycles. The van der Waals surface area contributed by atoms with Gasteiger partial charge in [0.25, 0.3) is 0 Å². The molecular weight excluding hydrogens is 309 g/mol. The molecule has 0 N–H and O–H groups in total. The number of allylic oxidation sites excluding steroid dienone is 7. The molecular formula is C21H32BNO2. The summed E-state index contributed by atoms with van der Waals surface area (Å²) in [5.74, 6) is 0. The normalized spacial score (nSPS) is 20.5. The summed E-state index contributed by atoms with van der Waals surface area (Å²) < 4.78 is 12.5. The monoisotopic (exact) mass is 341 g/mol. The fourth-order valence-corrected chi connectivity index (χ4v) is 2.39. The lowest BCUT2D eigenvalue weighted by Crippen LogP contribution is -2.42. The van der Waals surface area contributed by atoms with E-state index in [9.17, 15) is 0 Å². The molecule has 0 aromatic carbocycles. The molecule has 1 saturated heterocycles. The highest BCUT2D eigenvalue weighted by atomic mass is 16.7. The van der Waals surface area contributed by atoms with Crippen LogP contribution in [0.5, 0.6) is 0 Å². The predicted octanol–water partition coefficient (Wildman–Crippen LogP) is 5.21. The molecule has 1 heterocycles. The van der Waals surface area contributed by atoms with Gasteiger partial charge in [-0.15, -0.1) is 0 Å². The predicted molar refractivity (Wildman–Crippen MR) is 109 cm³/mol. The minimum absolute atomic E-state index is 0.391. The Kier molecular flexibility index (Phi) is 7.72. The highest BCUT2D eigenvalue weighted by Crippen LogP contribution is 2.38. The van der Waals surface area contributed by atoms with Crippen molar-refractivity contribution in [1.82, 2.24) is 4.81 Å². The van der Waals surface area contributed by atoms with E-state index in [4.69, 9.17) is 9.31 Å². The van der Waals surface area contributed by atoms with Gasteiger partial charge >= 0.3 is 7.25 Å². The molecule has 0 unspecified atom stereocenters. The van der Waals surface area contributed by atoms with E-state index in [2.05, 4.69) is 51.7 Å². The third-order valence-electron chi connectivity index (χ3n) is 4.62. The van der Waals surface area contributed by atoms with E-state index < -0.39 is 18.5 Å². The summed E-state index contributed by atoms with van der Waals surface area (Å²) in [5, 5.41) is 0. The van der Waals surface area contributed by atoms with Crippen molar-refractivity contribution in [2.45, 2.75) is 52.7 Å². The molecule has 3 nitrogen and oxygen atoms in total. The Balaban J connectivity index is 3.24. The molecule has 25 heavy (non-hydrogen) atoms. The molecule has 136 valence electrons. The summed E-state index contributed by atoms with van der Waals surface area (Å²) in [6.45, 7) is 20.5. The molecule has 0 spiro atoms. The second kappa shape index (κ2) is 9.07. The zero-order valence-electron chi connectivity index (χ0n) is 16.6. The van der Waals surface area contributed by atoms with Gasteiger partial charge in [0.1, 0.15) is 0 Å². The molecule has 0 radical (unpaired) electrons. The minimum Gasteiger partial charge on any atom is -0.384 e. The maximum Gasteiger partial charge on any atom is 0.594 e. The Labute approximate surface area is 154 Å². The van der Waals surface area contributed by atoms with E-state index in [-0.39, 0.29) is 0 Å². The average molecular weight is 341 g/mol. The first-order valence-corrected chi connectivity index (χ1v) is 8.74. The topological polar surface area (TPSA) is 21.7 Å². The minimum atomic E-state index is -0.473. The van der Waals surface area contributed by atoms with Crippen LogP contribution in [-0.2, 0) is 9.31 Å². The molecule has 1 fully saturated rings. The maximum absolute atomic E-state index is 6.27. The van der Waals surface area contributed by atoms with Gasteiger partial charge in [-0.2, -0.15) is 0 Å². The molecule has 0 bridgehead atoms. The molecule has 0 aromatic heterocycles. The number of rotatable bonds is 8. The van der Waals surface area contributed by atoms with Crippen LogP contribution in [0.15, 0.2) is 73.0 Å². The van der Waals surface area contributed by atoms with Crippen LogP contribution >= 0.6 is 0 Å². The molecule has 4 heteroatoms. The summed E-state index contributed by atoms with van der Waals surface area (Å²) in [5.41, 5.74) is 1.35. The largest absolute Gasteiger partial charge is 0.594 e. The average Bonchev–Trinajstić information content (AvgIpc) is 2.75. The van der Waals surface area contributed by atoms with Crippen molar-refractivity contribution in [3.63, 3.8) is 0 Å². The summed E-state index contributed by atoms with van der Waals surface area (Å²) in [4.78, 5) is 2.11. The Bertz CT molecular complexity index is 581. The van der Waals surface area contributed by atoms with Gasteiger partial charge in [0.05, 0.1) is 11.2 Å². The number of nitrogens with zero attached hydrogens (tertiary/aromatic N) is 1. The van der Waals surface area contributed by atoms with Gasteiger partial charge in [0, 0.05) is 12.2 Å². The van der Waals surface area contributed by atoms with E-state index in [0.717, 1.165) is 11.3 Å². The van der Waals surface area contributed by atoms with Crippen molar-refractivity contribution < 1.29 is 9.31 Å². The van der Waals surface area contributed by atoms with Crippen LogP contribution in [0.25, 0.3) is 0 Å². The van der Waals surface area contributed by atoms with Gasteiger partial charge in [-0.1, -0.05) is 49.6 Å². The van der Waals surface area contributed by atoms with Crippen LogP contribution in [0.1, 0.15) is 41.5 Å². The number of hydrogen-bond acceptors (Lipinski definition) is 3. The first-order valence-electron chi connectivity index (χ1n) is 8.74. The first kappa shape index (κ1) is 21.3. The van der Waals surface area contributed by atoms with Crippen molar-refractivity contribution in [3.05, 3.63) is 73.0 Å². The van der Waals surface area contributed by atoms with Crippen LogP contribution < -0.4 is 0 Å². The molecule has 0 atom stereocenters. The third-order valence-corrected chi connectivity index (χ3v) is 4.62. The lowest BCUT2D eigenvalue weighted by atomic mass is 9.90. The van der Waals surface area contributed by atoms with Crippen molar-refractivity contribution >= 4 is 7.25 Å². The van der Waals surface area contributed by atoms with Gasteiger partial charge in [0.15, 0.2) is 0 Å². The van der Waals surface area contributed by atoms with Crippen molar-refractivity contribution in [2.75, 3.05) is 6.54 Å². The van der Waals surface area contributed by atoms with Crippen LogP contribution in [-0.4, -0.2) is 29.8 Å². The fourth-order valence-electron chi connectivity index (χ4n) is 2.39. The van der Waals surface area contributed by atoms with E-state index in [1.807, 2.05) is 44.2 Å². The Morgan fingerprint density at radius 1 is 1.00 bits per heavy atom. The van der Waals surface area contributed by atoms with Crippen molar-refractivity contribution in [1.29, 1.82) is 0 Å².